The molecule has 1 atom stereocenters. The van der Waals surface area contributed by atoms with Crippen molar-refractivity contribution in [2.75, 3.05) is 32.0 Å². The number of hydrogen-bond acceptors (Lipinski definition) is 5. The van der Waals surface area contributed by atoms with Gasteiger partial charge >= 0.3 is 18.3 Å². The van der Waals surface area contributed by atoms with Crippen molar-refractivity contribution in [3.63, 3.8) is 0 Å². The standard InChI is InChI=1S/C32H30F3N5O4/c1-36-16-6-2-3-7-17-37-29(41)28(22-23-9-8-11-25(21-23)32(33,34)35)44-31(43)39-18-14-26(15-19-39)40-20-13-24-10-4-5-12-27(24)38-30(40)42/h2-5,8-12,21,26,28H,13-15,18-20,22H2,1H3,(H,38,42)/t28-/m1/s1. The number of hydrogen-bond donors (Lipinski definition) is 1. The van der Waals surface area contributed by atoms with E-state index in [1.54, 1.807) is 4.90 Å². The fourth-order valence-corrected chi connectivity index (χ4v) is 4.94. The molecule has 4 rings (SSSR count). The monoisotopic (exact) mass is 605 g/mol. The number of amides is 4. The lowest BCUT2D eigenvalue weighted by molar-refractivity contribution is -0.137. The zero-order valence-corrected chi connectivity index (χ0v) is 23.9. The van der Waals surface area contributed by atoms with Gasteiger partial charge in [-0.25, -0.2) is 14.6 Å². The highest BCUT2D eigenvalue weighted by Crippen LogP contribution is 2.30. The van der Waals surface area contributed by atoms with E-state index in [0.29, 0.717) is 25.8 Å². The molecule has 2 aliphatic heterocycles. The number of allylic oxidation sites excluding steroid dienone is 2. The maximum absolute atomic E-state index is 13.3. The van der Waals surface area contributed by atoms with E-state index < -0.39 is 29.8 Å². The number of benzene rings is 2. The first-order valence-corrected chi connectivity index (χ1v) is 13.9. The number of nitrogens with one attached hydrogen (secondary N) is 1. The van der Waals surface area contributed by atoms with E-state index in [1.165, 1.54) is 36.2 Å². The molecular formula is C32H30F3N5O4. The van der Waals surface area contributed by atoms with Gasteiger partial charge in [0.05, 0.1) is 5.56 Å². The average Bonchev–Trinajstić information content (AvgIpc) is 3.18. The number of alkyl halides is 3. The van der Waals surface area contributed by atoms with E-state index in [9.17, 15) is 27.6 Å². The number of anilines is 1. The van der Waals surface area contributed by atoms with Gasteiger partial charge in [0.1, 0.15) is 0 Å². The molecule has 12 heteroatoms. The quantitative estimate of drug-likeness (QED) is 0.277. The molecule has 2 aromatic rings. The van der Waals surface area contributed by atoms with Gasteiger partial charge in [0.15, 0.2) is 6.10 Å². The van der Waals surface area contributed by atoms with Gasteiger partial charge in [0.25, 0.3) is 5.91 Å². The number of fused-ring (bicyclic) bond motifs is 1. The topological polar surface area (TPSA) is 104 Å². The molecule has 0 radical (unpaired) electrons. The highest BCUT2D eigenvalue weighted by atomic mass is 19.4. The van der Waals surface area contributed by atoms with Crippen molar-refractivity contribution < 1.29 is 32.3 Å². The second-order valence-electron chi connectivity index (χ2n) is 10.0. The van der Waals surface area contributed by atoms with Gasteiger partial charge in [-0.2, -0.15) is 18.2 Å². The number of urea groups is 1. The number of likely N-dealkylation sites (tertiary alicyclic amines) is 1. The summed E-state index contributed by atoms with van der Waals surface area (Å²) >= 11 is 0. The Bertz CT molecular complexity index is 1590. The van der Waals surface area contributed by atoms with Gasteiger partial charge in [-0.05, 0) is 66.1 Å². The first kappa shape index (κ1) is 31.8. The van der Waals surface area contributed by atoms with Gasteiger partial charge in [-0.3, -0.25) is 4.79 Å². The van der Waals surface area contributed by atoms with Crippen LogP contribution in [-0.4, -0.2) is 78.4 Å². The minimum atomic E-state index is -4.58. The van der Waals surface area contributed by atoms with Crippen molar-refractivity contribution in [3.8, 4) is 0 Å². The Balaban J connectivity index is 1.43. The molecule has 2 aliphatic rings. The number of nitrogens with zero attached hydrogens (tertiary/aromatic N) is 4. The second-order valence-corrected chi connectivity index (χ2v) is 10.0. The molecule has 4 amide bonds. The van der Waals surface area contributed by atoms with Gasteiger partial charge in [0.2, 0.25) is 0 Å². The van der Waals surface area contributed by atoms with Crippen LogP contribution in [0.1, 0.15) is 29.5 Å². The van der Waals surface area contributed by atoms with E-state index in [-0.39, 0.29) is 37.1 Å². The number of halogens is 3. The van der Waals surface area contributed by atoms with Gasteiger partial charge < -0.3 is 19.9 Å². The van der Waals surface area contributed by atoms with Crippen LogP contribution in [0.2, 0.25) is 0 Å². The Kier molecular flexibility index (Phi) is 10.8. The summed E-state index contributed by atoms with van der Waals surface area (Å²) in [7, 11) is 1.52. The zero-order chi connectivity index (χ0) is 31.5. The van der Waals surface area contributed by atoms with Crippen molar-refractivity contribution in [1.82, 2.24) is 9.80 Å². The summed E-state index contributed by atoms with van der Waals surface area (Å²) in [6, 6.07) is 11.8. The summed E-state index contributed by atoms with van der Waals surface area (Å²) < 4.78 is 45.3. The first-order chi connectivity index (χ1) is 21.2. The van der Waals surface area contributed by atoms with Crippen LogP contribution < -0.4 is 5.32 Å². The van der Waals surface area contributed by atoms with Gasteiger partial charge in [0, 0.05) is 56.6 Å². The maximum atomic E-state index is 13.3. The lowest BCUT2D eigenvalue weighted by Crippen LogP contribution is -2.50. The number of aliphatic imine (C=N–C) groups is 2. The number of rotatable bonds is 6. The van der Waals surface area contributed by atoms with E-state index in [1.807, 2.05) is 24.3 Å². The van der Waals surface area contributed by atoms with Crippen molar-refractivity contribution in [3.05, 3.63) is 88.8 Å². The lowest BCUT2D eigenvalue weighted by Gasteiger charge is -2.37. The van der Waals surface area contributed by atoms with Crippen molar-refractivity contribution >= 4 is 35.5 Å². The SMILES string of the molecule is CN=C=C=CC=C=C=NC(=O)[C@@H](Cc1cccc(C(F)(F)F)c1)OC(=O)N1CCC(N2CCc3ccccc3NC2=O)CC1. The van der Waals surface area contributed by atoms with E-state index in [4.69, 9.17) is 4.74 Å². The summed E-state index contributed by atoms with van der Waals surface area (Å²) in [5, 5.41) is 2.95. The Hall–Kier alpha value is -5.10. The molecule has 0 saturated carbocycles. The molecule has 0 aliphatic carbocycles. The molecule has 1 fully saturated rings. The molecule has 2 aromatic carbocycles. The molecular weight excluding hydrogens is 575 g/mol. The summed E-state index contributed by atoms with van der Waals surface area (Å²) in [5.74, 6) is 3.82. The van der Waals surface area contributed by atoms with Crippen molar-refractivity contribution in [2.45, 2.75) is 44.0 Å². The zero-order valence-electron chi connectivity index (χ0n) is 23.9. The number of carbonyl (C=O) groups is 3. The normalized spacial score (nSPS) is 15.5. The molecule has 0 aromatic heterocycles. The third kappa shape index (κ3) is 8.71. The predicted octanol–water partition coefficient (Wildman–Crippen LogP) is 5.23. The number of ether oxygens (including phenoxy) is 1. The Morgan fingerprint density at radius 1 is 1.07 bits per heavy atom. The molecule has 2 heterocycles. The van der Waals surface area contributed by atoms with Crippen LogP contribution in [0.25, 0.3) is 0 Å². The smallest absolute Gasteiger partial charge is 0.416 e. The molecule has 0 bridgehead atoms. The van der Waals surface area contributed by atoms with Gasteiger partial charge in [-0.1, -0.05) is 36.4 Å². The average molecular weight is 606 g/mol. The third-order valence-electron chi connectivity index (χ3n) is 7.16. The fourth-order valence-electron chi connectivity index (χ4n) is 4.94. The molecule has 0 spiro atoms. The van der Waals surface area contributed by atoms with Crippen LogP contribution in [0.4, 0.5) is 28.4 Å². The summed E-state index contributed by atoms with van der Waals surface area (Å²) in [6.07, 6.45) is -2.81. The molecule has 0 unspecified atom stereocenters. The Labute approximate surface area is 252 Å². The minimum absolute atomic E-state index is 0.107. The lowest BCUT2D eigenvalue weighted by atomic mass is 10.0. The Morgan fingerprint density at radius 3 is 2.52 bits per heavy atom. The largest absolute Gasteiger partial charge is 0.435 e. The first-order valence-electron chi connectivity index (χ1n) is 13.9. The van der Waals surface area contributed by atoms with Crippen LogP contribution >= 0.6 is 0 Å². The Morgan fingerprint density at radius 2 is 1.80 bits per heavy atom. The highest BCUT2D eigenvalue weighted by molar-refractivity contribution is 5.91. The molecule has 44 heavy (non-hydrogen) atoms. The highest BCUT2D eigenvalue weighted by Gasteiger charge is 2.34. The summed E-state index contributed by atoms with van der Waals surface area (Å²) in [6.45, 7) is 1.05. The molecule has 9 nitrogen and oxygen atoms in total. The van der Waals surface area contributed by atoms with E-state index >= 15 is 0 Å². The van der Waals surface area contributed by atoms with Crippen LogP contribution in [-0.2, 0) is 28.5 Å². The van der Waals surface area contributed by atoms with Crippen molar-refractivity contribution in [2.24, 2.45) is 9.98 Å². The molecule has 1 saturated heterocycles. The third-order valence-corrected chi connectivity index (χ3v) is 7.16. The second kappa shape index (κ2) is 14.9. The fraction of sp³-hybridized carbons (Fsp3) is 0.344. The summed E-state index contributed by atoms with van der Waals surface area (Å²) in [4.78, 5) is 49.3. The van der Waals surface area contributed by atoms with Crippen molar-refractivity contribution in [1.29, 1.82) is 0 Å². The molecule has 1 N–H and O–H groups in total. The van der Waals surface area contributed by atoms with E-state index in [2.05, 4.69) is 38.5 Å². The number of para-hydroxylation sites is 1. The molecule has 228 valence electrons. The van der Waals surface area contributed by atoms with Crippen LogP contribution in [0.5, 0.6) is 0 Å². The van der Waals surface area contributed by atoms with E-state index in [0.717, 1.165) is 23.4 Å². The number of carbonyl (C=O) groups excluding carboxylic acids is 3. The van der Waals surface area contributed by atoms with Crippen LogP contribution in [0.15, 0.2) is 82.1 Å². The van der Waals surface area contributed by atoms with Gasteiger partial charge in [-0.15, -0.1) is 0 Å². The number of piperidine rings is 1. The summed E-state index contributed by atoms with van der Waals surface area (Å²) in [5.41, 5.74) is 6.14. The van der Waals surface area contributed by atoms with Crippen LogP contribution in [0, 0.1) is 0 Å². The predicted molar refractivity (Wildman–Crippen MR) is 158 cm³/mol. The minimum Gasteiger partial charge on any atom is -0.435 e. The van der Waals surface area contributed by atoms with Crippen LogP contribution in [0.3, 0.4) is 0 Å². The maximum Gasteiger partial charge on any atom is 0.416 e.